The van der Waals surface area contributed by atoms with E-state index < -0.39 is 0 Å². The predicted octanol–water partition coefficient (Wildman–Crippen LogP) is 1.72. The summed E-state index contributed by atoms with van der Waals surface area (Å²) in [5.41, 5.74) is 2.31. The zero-order valence-corrected chi connectivity index (χ0v) is 16.0. The number of piperazine rings is 1. The third-order valence-electron chi connectivity index (χ3n) is 5.81. The Kier molecular flexibility index (Phi) is 6.48. The van der Waals surface area contributed by atoms with Gasteiger partial charge in [0.2, 0.25) is 18.2 Å². The van der Waals surface area contributed by atoms with Crippen molar-refractivity contribution in [2.45, 2.75) is 39.2 Å². The summed E-state index contributed by atoms with van der Waals surface area (Å²) in [6, 6.07) is 8.17. The maximum absolute atomic E-state index is 12.7. The molecule has 2 fully saturated rings. The normalized spacial score (nSPS) is 23.0. The van der Waals surface area contributed by atoms with Gasteiger partial charge in [0.1, 0.15) is 0 Å². The summed E-state index contributed by atoms with van der Waals surface area (Å²) in [6.07, 6.45) is 3.93. The van der Waals surface area contributed by atoms with Crippen LogP contribution in [-0.2, 0) is 20.9 Å². The highest BCUT2D eigenvalue weighted by molar-refractivity contribution is 5.81. The first kappa shape index (κ1) is 19.4. The molecule has 0 spiro atoms. The number of rotatable bonds is 5. The first-order valence-corrected chi connectivity index (χ1v) is 9.88. The SMILES string of the molecule is Cc1ccc(CNC(=O)C2CCC(C(=O)N3CCN(C=O)CC3)CC2)cc1. The molecule has 0 unspecified atom stereocenters. The van der Waals surface area contributed by atoms with E-state index in [2.05, 4.69) is 5.32 Å². The molecule has 2 aliphatic rings. The van der Waals surface area contributed by atoms with E-state index >= 15 is 0 Å². The van der Waals surface area contributed by atoms with Crippen molar-refractivity contribution >= 4 is 18.2 Å². The molecule has 1 aromatic carbocycles. The minimum Gasteiger partial charge on any atom is -0.352 e. The van der Waals surface area contributed by atoms with Gasteiger partial charge in [0.05, 0.1) is 0 Å². The number of aryl methyl sites for hydroxylation is 1. The van der Waals surface area contributed by atoms with E-state index in [1.165, 1.54) is 5.56 Å². The van der Waals surface area contributed by atoms with E-state index in [1.807, 2.05) is 36.1 Å². The van der Waals surface area contributed by atoms with Crippen LogP contribution in [-0.4, -0.2) is 54.2 Å². The molecule has 3 rings (SSSR count). The first-order valence-electron chi connectivity index (χ1n) is 9.88. The van der Waals surface area contributed by atoms with Crippen LogP contribution in [0.2, 0.25) is 0 Å². The van der Waals surface area contributed by atoms with Crippen molar-refractivity contribution in [1.29, 1.82) is 0 Å². The highest BCUT2D eigenvalue weighted by atomic mass is 16.2. The average Bonchev–Trinajstić information content (AvgIpc) is 2.73. The summed E-state index contributed by atoms with van der Waals surface area (Å²) in [5.74, 6) is 0.320. The van der Waals surface area contributed by atoms with Crippen molar-refractivity contribution in [2.24, 2.45) is 11.8 Å². The quantitative estimate of drug-likeness (QED) is 0.801. The number of nitrogens with zero attached hydrogens (tertiary/aromatic N) is 2. The molecule has 0 atom stereocenters. The highest BCUT2D eigenvalue weighted by Crippen LogP contribution is 2.30. The van der Waals surface area contributed by atoms with Crippen LogP contribution >= 0.6 is 0 Å². The van der Waals surface area contributed by atoms with Gasteiger partial charge >= 0.3 is 0 Å². The Morgan fingerprint density at radius 2 is 1.59 bits per heavy atom. The van der Waals surface area contributed by atoms with Crippen LogP contribution in [0, 0.1) is 18.8 Å². The van der Waals surface area contributed by atoms with E-state index in [0.717, 1.165) is 37.7 Å². The van der Waals surface area contributed by atoms with Crippen LogP contribution in [0.15, 0.2) is 24.3 Å². The minimum atomic E-state index is 0.00593. The second kappa shape index (κ2) is 9.02. The van der Waals surface area contributed by atoms with Gasteiger partial charge in [-0.05, 0) is 38.2 Å². The number of nitrogens with one attached hydrogen (secondary N) is 1. The molecular weight excluding hydrogens is 342 g/mol. The van der Waals surface area contributed by atoms with Crippen LogP contribution in [0.25, 0.3) is 0 Å². The zero-order valence-electron chi connectivity index (χ0n) is 16.0. The summed E-state index contributed by atoms with van der Waals surface area (Å²) in [7, 11) is 0. The topological polar surface area (TPSA) is 69.7 Å². The zero-order chi connectivity index (χ0) is 19.2. The molecule has 0 radical (unpaired) electrons. The summed E-state index contributed by atoms with van der Waals surface area (Å²) >= 11 is 0. The van der Waals surface area contributed by atoms with Crippen LogP contribution in [0.1, 0.15) is 36.8 Å². The molecule has 1 heterocycles. The fraction of sp³-hybridized carbons (Fsp3) is 0.571. The highest BCUT2D eigenvalue weighted by Gasteiger charge is 2.33. The third kappa shape index (κ3) is 5.08. The van der Waals surface area contributed by atoms with Gasteiger partial charge in [-0.15, -0.1) is 0 Å². The smallest absolute Gasteiger partial charge is 0.225 e. The molecule has 6 nitrogen and oxygen atoms in total. The second-order valence-corrected chi connectivity index (χ2v) is 7.72. The fourth-order valence-corrected chi connectivity index (χ4v) is 3.95. The molecule has 3 amide bonds. The van der Waals surface area contributed by atoms with Gasteiger partial charge < -0.3 is 15.1 Å². The Morgan fingerprint density at radius 1 is 1.00 bits per heavy atom. The minimum absolute atomic E-state index is 0.00593. The Hall–Kier alpha value is -2.37. The summed E-state index contributed by atoms with van der Waals surface area (Å²) in [6.45, 7) is 5.07. The number of carbonyl (C=O) groups excluding carboxylic acids is 3. The molecule has 1 N–H and O–H groups in total. The van der Waals surface area contributed by atoms with E-state index in [4.69, 9.17) is 0 Å². The van der Waals surface area contributed by atoms with Gasteiger partial charge in [-0.1, -0.05) is 29.8 Å². The molecule has 6 heteroatoms. The van der Waals surface area contributed by atoms with Gasteiger partial charge in [0, 0.05) is 44.6 Å². The lowest BCUT2D eigenvalue weighted by atomic mass is 9.80. The van der Waals surface area contributed by atoms with Crippen LogP contribution in [0.5, 0.6) is 0 Å². The monoisotopic (exact) mass is 371 g/mol. The first-order chi connectivity index (χ1) is 13.1. The number of amides is 3. The fourth-order valence-electron chi connectivity index (χ4n) is 3.95. The van der Waals surface area contributed by atoms with Crippen LogP contribution in [0.3, 0.4) is 0 Å². The molecule has 1 aliphatic carbocycles. The lowest BCUT2D eigenvalue weighted by Crippen LogP contribution is -2.50. The van der Waals surface area contributed by atoms with E-state index in [1.54, 1.807) is 4.90 Å². The lowest BCUT2D eigenvalue weighted by molar-refractivity contribution is -0.141. The van der Waals surface area contributed by atoms with E-state index in [0.29, 0.717) is 32.7 Å². The number of carbonyl (C=O) groups is 3. The number of benzene rings is 1. The Morgan fingerprint density at radius 3 is 2.19 bits per heavy atom. The summed E-state index contributed by atoms with van der Waals surface area (Å²) < 4.78 is 0. The predicted molar refractivity (Wildman–Crippen MR) is 103 cm³/mol. The van der Waals surface area contributed by atoms with Gasteiger partial charge in [-0.2, -0.15) is 0 Å². The van der Waals surface area contributed by atoms with Gasteiger partial charge in [-0.3, -0.25) is 14.4 Å². The Balaban J connectivity index is 1.41. The van der Waals surface area contributed by atoms with Crippen molar-refractivity contribution in [2.75, 3.05) is 26.2 Å². The molecule has 1 aliphatic heterocycles. The van der Waals surface area contributed by atoms with Crippen molar-refractivity contribution in [3.63, 3.8) is 0 Å². The van der Waals surface area contributed by atoms with E-state index in [-0.39, 0.29) is 23.7 Å². The molecule has 27 heavy (non-hydrogen) atoms. The number of hydrogen-bond acceptors (Lipinski definition) is 3. The standard InChI is InChI=1S/C21H29N3O3/c1-16-2-4-17(5-3-16)14-22-20(26)18-6-8-19(9-7-18)21(27)24-12-10-23(15-25)11-13-24/h2-5,15,18-19H,6-14H2,1H3,(H,22,26). The maximum Gasteiger partial charge on any atom is 0.225 e. The summed E-state index contributed by atoms with van der Waals surface area (Å²) in [4.78, 5) is 39.5. The van der Waals surface area contributed by atoms with Crippen molar-refractivity contribution in [1.82, 2.24) is 15.1 Å². The second-order valence-electron chi connectivity index (χ2n) is 7.72. The molecule has 0 bridgehead atoms. The third-order valence-corrected chi connectivity index (χ3v) is 5.81. The molecular formula is C21H29N3O3. The van der Waals surface area contributed by atoms with Crippen LogP contribution in [0.4, 0.5) is 0 Å². The maximum atomic E-state index is 12.7. The van der Waals surface area contributed by atoms with Gasteiger partial charge in [0.15, 0.2) is 0 Å². The lowest BCUT2D eigenvalue weighted by Gasteiger charge is -2.36. The van der Waals surface area contributed by atoms with Gasteiger partial charge in [-0.25, -0.2) is 0 Å². The van der Waals surface area contributed by atoms with Crippen molar-refractivity contribution in [3.8, 4) is 0 Å². The molecule has 1 saturated carbocycles. The van der Waals surface area contributed by atoms with Crippen LogP contribution < -0.4 is 5.32 Å². The molecule has 0 aromatic heterocycles. The molecule has 146 valence electrons. The number of hydrogen-bond donors (Lipinski definition) is 1. The van der Waals surface area contributed by atoms with Crippen molar-refractivity contribution in [3.05, 3.63) is 35.4 Å². The average molecular weight is 371 g/mol. The van der Waals surface area contributed by atoms with E-state index in [9.17, 15) is 14.4 Å². The molecule has 1 aromatic rings. The van der Waals surface area contributed by atoms with Gasteiger partial charge in [0.25, 0.3) is 0 Å². The summed E-state index contributed by atoms with van der Waals surface area (Å²) in [5, 5.41) is 3.03. The largest absolute Gasteiger partial charge is 0.352 e. The van der Waals surface area contributed by atoms with Crippen molar-refractivity contribution < 1.29 is 14.4 Å². The Labute approximate surface area is 160 Å². The Bertz CT molecular complexity index is 658. The molecule has 1 saturated heterocycles.